The molecule has 3 nitrogen and oxygen atoms in total. The Hall–Kier alpha value is -1.19. The molecular formula is C15H21NO2. The highest BCUT2D eigenvalue weighted by Gasteiger charge is 2.17. The molecular weight excluding hydrogens is 226 g/mol. The van der Waals surface area contributed by atoms with Crippen molar-refractivity contribution in [2.45, 2.75) is 32.2 Å². The molecule has 2 rings (SSSR count). The number of benzene rings is 1. The Morgan fingerprint density at radius 2 is 2.17 bits per heavy atom. The van der Waals surface area contributed by atoms with Crippen LogP contribution >= 0.6 is 0 Å². The lowest BCUT2D eigenvalue weighted by molar-refractivity contribution is 0.0676. The first kappa shape index (κ1) is 13.2. The molecule has 18 heavy (non-hydrogen) atoms. The van der Waals surface area contributed by atoms with Gasteiger partial charge in [-0.1, -0.05) is 37.6 Å². The molecule has 98 valence electrons. The normalized spacial score (nSPS) is 19.7. The first-order valence-electron chi connectivity index (χ1n) is 6.73. The summed E-state index contributed by atoms with van der Waals surface area (Å²) in [5.41, 5.74) is 2.11. The molecule has 1 atom stereocenters. The standard InChI is InChI=1S/C15H21NO2/c1-2-3-12-4-6-13(7-5-12)15(17)10-14-11-18-9-8-16-14/h4-7,14,16H,2-3,8-11H2,1H3. The summed E-state index contributed by atoms with van der Waals surface area (Å²) >= 11 is 0. The fourth-order valence-electron chi connectivity index (χ4n) is 2.24. The average Bonchev–Trinajstić information content (AvgIpc) is 2.41. The van der Waals surface area contributed by atoms with E-state index < -0.39 is 0 Å². The van der Waals surface area contributed by atoms with Crippen molar-refractivity contribution in [1.82, 2.24) is 5.32 Å². The van der Waals surface area contributed by atoms with Gasteiger partial charge in [0.15, 0.2) is 5.78 Å². The van der Waals surface area contributed by atoms with Crippen LogP contribution in [0.4, 0.5) is 0 Å². The molecule has 1 aliphatic rings. The van der Waals surface area contributed by atoms with E-state index in [1.54, 1.807) is 0 Å². The number of carbonyl (C=O) groups excluding carboxylic acids is 1. The second-order valence-corrected chi connectivity index (χ2v) is 4.80. The highest BCUT2D eigenvalue weighted by molar-refractivity contribution is 5.96. The van der Waals surface area contributed by atoms with E-state index in [2.05, 4.69) is 24.4 Å². The van der Waals surface area contributed by atoms with E-state index in [0.29, 0.717) is 13.0 Å². The molecule has 1 saturated heterocycles. The van der Waals surface area contributed by atoms with Gasteiger partial charge in [0.05, 0.1) is 13.2 Å². The summed E-state index contributed by atoms with van der Waals surface area (Å²) in [4.78, 5) is 12.1. The van der Waals surface area contributed by atoms with Crippen LogP contribution in [-0.4, -0.2) is 31.6 Å². The average molecular weight is 247 g/mol. The van der Waals surface area contributed by atoms with E-state index in [-0.39, 0.29) is 11.8 Å². The predicted octanol–water partition coefficient (Wildman–Crippen LogP) is 2.20. The number of hydrogen-bond acceptors (Lipinski definition) is 3. The number of aryl methyl sites for hydroxylation is 1. The van der Waals surface area contributed by atoms with E-state index >= 15 is 0 Å². The predicted molar refractivity (Wildman–Crippen MR) is 72.0 cm³/mol. The van der Waals surface area contributed by atoms with Crippen molar-refractivity contribution in [3.8, 4) is 0 Å². The van der Waals surface area contributed by atoms with Gasteiger partial charge in [0.25, 0.3) is 0 Å². The van der Waals surface area contributed by atoms with Crippen LogP contribution < -0.4 is 5.32 Å². The Balaban J connectivity index is 1.91. The molecule has 0 spiro atoms. The summed E-state index contributed by atoms with van der Waals surface area (Å²) < 4.78 is 5.36. The van der Waals surface area contributed by atoms with Crippen LogP contribution in [-0.2, 0) is 11.2 Å². The maximum absolute atomic E-state index is 12.1. The summed E-state index contributed by atoms with van der Waals surface area (Å²) in [6.45, 7) is 4.39. The number of Topliss-reactive ketones (excluding diaryl/α,β-unsaturated/α-hetero) is 1. The minimum Gasteiger partial charge on any atom is -0.378 e. The number of ether oxygens (including phenoxy) is 1. The Kier molecular flexibility index (Phi) is 4.90. The van der Waals surface area contributed by atoms with Crippen molar-refractivity contribution >= 4 is 5.78 Å². The molecule has 1 N–H and O–H groups in total. The van der Waals surface area contributed by atoms with Gasteiger partial charge in [0, 0.05) is 24.6 Å². The lowest BCUT2D eigenvalue weighted by Gasteiger charge is -2.23. The van der Waals surface area contributed by atoms with Gasteiger partial charge in [-0.15, -0.1) is 0 Å². The number of rotatable bonds is 5. The zero-order valence-electron chi connectivity index (χ0n) is 10.9. The van der Waals surface area contributed by atoms with Crippen molar-refractivity contribution in [1.29, 1.82) is 0 Å². The molecule has 0 bridgehead atoms. The molecule has 0 aliphatic carbocycles. The lowest BCUT2D eigenvalue weighted by atomic mass is 10.0. The molecule has 1 heterocycles. The molecule has 1 aliphatic heterocycles. The van der Waals surface area contributed by atoms with Gasteiger partial charge in [-0.2, -0.15) is 0 Å². The number of hydrogen-bond donors (Lipinski definition) is 1. The second-order valence-electron chi connectivity index (χ2n) is 4.80. The Bertz CT molecular complexity index is 380. The van der Waals surface area contributed by atoms with Gasteiger partial charge >= 0.3 is 0 Å². The van der Waals surface area contributed by atoms with Crippen molar-refractivity contribution in [2.75, 3.05) is 19.8 Å². The maximum atomic E-state index is 12.1. The first-order chi connectivity index (χ1) is 8.79. The number of nitrogens with one attached hydrogen (secondary N) is 1. The minimum absolute atomic E-state index is 0.168. The topological polar surface area (TPSA) is 38.3 Å². The molecule has 1 aromatic carbocycles. The van der Waals surface area contributed by atoms with Crippen molar-refractivity contribution in [2.24, 2.45) is 0 Å². The second kappa shape index (κ2) is 6.66. The SMILES string of the molecule is CCCc1ccc(C(=O)CC2COCCN2)cc1. The minimum atomic E-state index is 0.168. The van der Waals surface area contributed by atoms with Crippen LogP contribution in [0, 0.1) is 0 Å². The van der Waals surface area contributed by atoms with E-state index in [1.165, 1.54) is 5.56 Å². The Labute approximate surface area is 109 Å². The zero-order chi connectivity index (χ0) is 12.8. The molecule has 0 radical (unpaired) electrons. The fourth-order valence-corrected chi connectivity index (χ4v) is 2.24. The summed E-state index contributed by atoms with van der Waals surface area (Å²) in [5, 5.41) is 3.31. The number of morpholine rings is 1. The Morgan fingerprint density at radius 3 is 2.78 bits per heavy atom. The van der Waals surface area contributed by atoms with Crippen LogP contribution in [0.15, 0.2) is 24.3 Å². The van der Waals surface area contributed by atoms with Crippen molar-refractivity contribution < 1.29 is 9.53 Å². The fraction of sp³-hybridized carbons (Fsp3) is 0.533. The molecule has 0 aromatic heterocycles. The van der Waals surface area contributed by atoms with Gasteiger partial charge in [-0.3, -0.25) is 4.79 Å². The van der Waals surface area contributed by atoms with Crippen LogP contribution in [0.25, 0.3) is 0 Å². The maximum Gasteiger partial charge on any atom is 0.164 e. The Morgan fingerprint density at radius 1 is 1.39 bits per heavy atom. The lowest BCUT2D eigenvalue weighted by Crippen LogP contribution is -2.42. The van der Waals surface area contributed by atoms with E-state index in [0.717, 1.165) is 31.6 Å². The van der Waals surface area contributed by atoms with Gasteiger partial charge in [0.1, 0.15) is 0 Å². The van der Waals surface area contributed by atoms with Gasteiger partial charge < -0.3 is 10.1 Å². The molecule has 1 aromatic rings. The third-order valence-corrected chi connectivity index (χ3v) is 3.24. The smallest absolute Gasteiger partial charge is 0.164 e. The summed E-state index contributed by atoms with van der Waals surface area (Å²) in [7, 11) is 0. The zero-order valence-corrected chi connectivity index (χ0v) is 10.9. The van der Waals surface area contributed by atoms with Crippen molar-refractivity contribution in [3.63, 3.8) is 0 Å². The van der Waals surface area contributed by atoms with Crippen LogP contribution in [0.2, 0.25) is 0 Å². The monoisotopic (exact) mass is 247 g/mol. The third kappa shape index (κ3) is 3.65. The molecule has 0 amide bonds. The number of carbonyl (C=O) groups is 1. The molecule has 0 saturated carbocycles. The van der Waals surface area contributed by atoms with E-state index in [4.69, 9.17) is 4.74 Å². The van der Waals surface area contributed by atoms with E-state index in [9.17, 15) is 4.79 Å². The highest BCUT2D eigenvalue weighted by atomic mass is 16.5. The first-order valence-corrected chi connectivity index (χ1v) is 6.73. The van der Waals surface area contributed by atoms with Gasteiger partial charge in [0.2, 0.25) is 0 Å². The number of ketones is 1. The largest absolute Gasteiger partial charge is 0.378 e. The van der Waals surface area contributed by atoms with Gasteiger partial charge in [-0.05, 0) is 12.0 Å². The third-order valence-electron chi connectivity index (χ3n) is 3.24. The van der Waals surface area contributed by atoms with Crippen LogP contribution in [0.5, 0.6) is 0 Å². The molecule has 3 heteroatoms. The highest BCUT2D eigenvalue weighted by Crippen LogP contribution is 2.11. The summed E-state index contributed by atoms with van der Waals surface area (Å²) in [5.74, 6) is 0.195. The van der Waals surface area contributed by atoms with Crippen LogP contribution in [0.3, 0.4) is 0 Å². The van der Waals surface area contributed by atoms with Crippen LogP contribution in [0.1, 0.15) is 35.7 Å². The summed E-state index contributed by atoms with van der Waals surface area (Å²) in [6, 6.07) is 8.17. The van der Waals surface area contributed by atoms with E-state index in [1.807, 2.05) is 12.1 Å². The molecule has 1 fully saturated rings. The van der Waals surface area contributed by atoms with Crippen molar-refractivity contribution in [3.05, 3.63) is 35.4 Å². The molecule has 1 unspecified atom stereocenters. The summed E-state index contributed by atoms with van der Waals surface area (Å²) in [6.07, 6.45) is 2.73. The van der Waals surface area contributed by atoms with Gasteiger partial charge in [-0.25, -0.2) is 0 Å². The quantitative estimate of drug-likeness (QED) is 0.811.